The van der Waals surface area contributed by atoms with Gasteiger partial charge in [-0.2, -0.15) is 0 Å². The summed E-state index contributed by atoms with van der Waals surface area (Å²) in [6.07, 6.45) is 6.98. The van der Waals surface area contributed by atoms with Crippen LogP contribution in [0.5, 0.6) is 0 Å². The third-order valence-corrected chi connectivity index (χ3v) is 4.19. The summed E-state index contributed by atoms with van der Waals surface area (Å²) in [6.45, 7) is 3.56. The molecule has 2 rings (SSSR count). The van der Waals surface area contributed by atoms with Gasteiger partial charge in [-0.3, -0.25) is 0 Å². The van der Waals surface area contributed by atoms with Gasteiger partial charge in [0.25, 0.3) is 0 Å². The Kier molecular flexibility index (Phi) is 3.84. The smallest absolute Gasteiger partial charge is 0.137 e. The number of rotatable bonds is 1. The molecule has 1 fully saturated rings. The fourth-order valence-corrected chi connectivity index (χ4v) is 3.24. The second-order valence-electron chi connectivity index (χ2n) is 3.53. The van der Waals surface area contributed by atoms with Crippen LogP contribution < -0.4 is 0 Å². The first kappa shape index (κ1) is 10.5. The maximum absolute atomic E-state index is 5.41. The van der Waals surface area contributed by atoms with Gasteiger partial charge in [0, 0.05) is 18.3 Å². The number of allylic oxidation sites excluding steroid dienone is 1. The summed E-state index contributed by atoms with van der Waals surface area (Å²) in [4.78, 5) is 2.26. The van der Waals surface area contributed by atoms with E-state index in [4.69, 9.17) is 17.0 Å². The molecular formula is C10H15NOS2. The summed E-state index contributed by atoms with van der Waals surface area (Å²) in [7, 11) is 0. The second kappa shape index (κ2) is 5.14. The van der Waals surface area contributed by atoms with Crippen LogP contribution in [0.25, 0.3) is 0 Å². The van der Waals surface area contributed by atoms with Gasteiger partial charge in [-0.05, 0) is 12.8 Å². The Hall–Kier alpha value is -0.0600. The van der Waals surface area contributed by atoms with E-state index in [1.54, 1.807) is 0 Å². The Morgan fingerprint density at radius 1 is 1.43 bits per heavy atom. The average Bonchev–Trinajstić information content (AvgIpc) is 2.72. The quantitative estimate of drug-likeness (QED) is 0.504. The molecule has 0 saturated carbocycles. The predicted octanol–water partition coefficient (Wildman–Crippen LogP) is 2.06. The van der Waals surface area contributed by atoms with Gasteiger partial charge in [-0.1, -0.05) is 36.1 Å². The van der Waals surface area contributed by atoms with Crippen LogP contribution in [0.3, 0.4) is 0 Å². The van der Waals surface area contributed by atoms with Crippen molar-refractivity contribution in [1.29, 1.82) is 0 Å². The van der Waals surface area contributed by atoms with Gasteiger partial charge in [-0.15, -0.1) is 0 Å². The molecule has 1 saturated heterocycles. The van der Waals surface area contributed by atoms with Crippen LogP contribution in [0.4, 0.5) is 0 Å². The molecule has 1 aliphatic heterocycles. The number of morpholine rings is 1. The molecule has 78 valence electrons. The van der Waals surface area contributed by atoms with Crippen molar-refractivity contribution in [2.45, 2.75) is 18.1 Å². The van der Waals surface area contributed by atoms with E-state index in [0.29, 0.717) is 5.25 Å². The van der Waals surface area contributed by atoms with E-state index >= 15 is 0 Å². The van der Waals surface area contributed by atoms with Crippen molar-refractivity contribution >= 4 is 28.3 Å². The van der Waals surface area contributed by atoms with Gasteiger partial charge in [0.2, 0.25) is 0 Å². The van der Waals surface area contributed by atoms with E-state index < -0.39 is 0 Å². The lowest BCUT2D eigenvalue weighted by Crippen LogP contribution is -2.39. The minimum Gasteiger partial charge on any atom is -0.378 e. The maximum Gasteiger partial charge on any atom is 0.137 e. The number of nitrogens with zero attached hydrogens (tertiary/aromatic N) is 1. The molecule has 0 aromatic heterocycles. The fourth-order valence-electron chi connectivity index (χ4n) is 1.65. The molecule has 4 heteroatoms. The van der Waals surface area contributed by atoms with Gasteiger partial charge in [0.15, 0.2) is 0 Å². The van der Waals surface area contributed by atoms with Crippen molar-refractivity contribution in [3.63, 3.8) is 0 Å². The zero-order chi connectivity index (χ0) is 9.80. The highest BCUT2D eigenvalue weighted by Gasteiger charge is 2.18. The molecule has 2 aliphatic rings. The van der Waals surface area contributed by atoms with Crippen LogP contribution in [-0.2, 0) is 4.74 Å². The summed E-state index contributed by atoms with van der Waals surface area (Å²) >= 11 is 7.24. The Morgan fingerprint density at radius 2 is 2.21 bits per heavy atom. The lowest BCUT2D eigenvalue weighted by atomic mass is 10.4. The minimum absolute atomic E-state index is 0.616. The van der Waals surface area contributed by atoms with Crippen molar-refractivity contribution in [3.05, 3.63) is 12.2 Å². The number of hydrogen-bond acceptors (Lipinski definition) is 3. The molecule has 1 unspecified atom stereocenters. The summed E-state index contributed by atoms with van der Waals surface area (Å²) in [5.74, 6) is 0. The van der Waals surface area contributed by atoms with E-state index in [1.807, 2.05) is 11.8 Å². The largest absolute Gasteiger partial charge is 0.378 e. The fraction of sp³-hybridized carbons (Fsp3) is 0.700. The van der Waals surface area contributed by atoms with E-state index in [0.717, 1.165) is 30.6 Å². The first-order chi connectivity index (χ1) is 6.86. The summed E-state index contributed by atoms with van der Waals surface area (Å²) in [6, 6.07) is 0. The van der Waals surface area contributed by atoms with Crippen molar-refractivity contribution in [1.82, 2.24) is 4.90 Å². The lowest BCUT2D eigenvalue weighted by Gasteiger charge is -2.29. The Labute approximate surface area is 94.7 Å². The maximum atomic E-state index is 5.41. The molecule has 0 spiro atoms. The van der Waals surface area contributed by atoms with Gasteiger partial charge in [0.05, 0.1) is 13.2 Å². The lowest BCUT2D eigenvalue weighted by molar-refractivity contribution is 0.0702. The average molecular weight is 229 g/mol. The topological polar surface area (TPSA) is 12.5 Å². The molecule has 1 aliphatic carbocycles. The van der Waals surface area contributed by atoms with E-state index in [-0.39, 0.29) is 0 Å². The highest BCUT2D eigenvalue weighted by Crippen LogP contribution is 2.26. The van der Waals surface area contributed by atoms with Crippen LogP contribution >= 0.6 is 24.0 Å². The number of hydrogen-bond donors (Lipinski definition) is 0. The van der Waals surface area contributed by atoms with Crippen molar-refractivity contribution < 1.29 is 4.74 Å². The van der Waals surface area contributed by atoms with Crippen LogP contribution in [0.2, 0.25) is 0 Å². The Morgan fingerprint density at radius 3 is 2.86 bits per heavy atom. The third kappa shape index (κ3) is 2.72. The molecule has 1 atom stereocenters. The number of ether oxygens (including phenoxy) is 1. The Balaban J connectivity index is 1.78. The highest BCUT2D eigenvalue weighted by molar-refractivity contribution is 8.23. The summed E-state index contributed by atoms with van der Waals surface area (Å²) in [5, 5.41) is 0.616. The van der Waals surface area contributed by atoms with Crippen LogP contribution in [-0.4, -0.2) is 40.8 Å². The molecule has 14 heavy (non-hydrogen) atoms. The van der Waals surface area contributed by atoms with Gasteiger partial charge in [-0.25, -0.2) is 0 Å². The summed E-state index contributed by atoms with van der Waals surface area (Å²) in [5.41, 5.74) is 0. The standard InChI is InChI=1S/C10H15NOS2/c13-10(11-5-7-12-8-6-11)14-9-3-1-2-4-9/h1,3,9H,2,4-8H2. The van der Waals surface area contributed by atoms with E-state index in [9.17, 15) is 0 Å². The minimum atomic E-state index is 0.616. The zero-order valence-corrected chi connectivity index (χ0v) is 9.78. The van der Waals surface area contributed by atoms with Crippen molar-refractivity contribution in [2.75, 3.05) is 26.3 Å². The molecular weight excluding hydrogens is 214 g/mol. The molecule has 1 heterocycles. The Bertz CT molecular complexity index is 236. The van der Waals surface area contributed by atoms with E-state index in [1.165, 1.54) is 12.8 Å². The predicted molar refractivity (Wildman–Crippen MR) is 64.7 cm³/mol. The summed E-state index contributed by atoms with van der Waals surface area (Å²) < 4.78 is 6.34. The van der Waals surface area contributed by atoms with Gasteiger partial charge in [0.1, 0.15) is 4.32 Å². The third-order valence-electron chi connectivity index (χ3n) is 2.49. The van der Waals surface area contributed by atoms with Gasteiger partial charge < -0.3 is 9.64 Å². The molecule has 0 radical (unpaired) electrons. The van der Waals surface area contributed by atoms with E-state index in [2.05, 4.69) is 17.1 Å². The highest BCUT2D eigenvalue weighted by atomic mass is 32.2. The molecule has 2 nitrogen and oxygen atoms in total. The van der Waals surface area contributed by atoms with Gasteiger partial charge >= 0.3 is 0 Å². The monoisotopic (exact) mass is 229 g/mol. The normalized spacial score (nSPS) is 26.9. The first-order valence-corrected chi connectivity index (χ1v) is 6.35. The van der Waals surface area contributed by atoms with Crippen LogP contribution in [0.15, 0.2) is 12.2 Å². The molecule has 0 N–H and O–H groups in total. The SMILES string of the molecule is S=C(SC1C=CCC1)N1CCOCC1. The molecule has 0 aromatic carbocycles. The van der Waals surface area contributed by atoms with Crippen molar-refractivity contribution in [2.24, 2.45) is 0 Å². The van der Waals surface area contributed by atoms with Crippen LogP contribution in [0.1, 0.15) is 12.8 Å². The first-order valence-electron chi connectivity index (χ1n) is 5.06. The van der Waals surface area contributed by atoms with Crippen LogP contribution in [0, 0.1) is 0 Å². The molecule has 0 bridgehead atoms. The molecule has 0 amide bonds. The number of thiocarbonyl (C=S) groups is 1. The zero-order valence-electron chi connectivity index (χ0n) is 8.15. The second-order valence-corrected chi connectivity index (χ2v) is 5.40. The number of thioether (sulfide) groups is 1. The van der Waals surface area contributed by atoms with Crippen molar-refractivity contribution in [3.8, 4) is 0 Å². The molecule has 0 aromatic rings.